The molecule has 4 aromatic carbocycles. The highest BCUT2D eigenvalue weighted by atomic mass is 16.7. The van der Waals surface area contributed by atoms with Gasteiger partial charge in [-0.3, -0.25) is 9.59 Å². The number of hydrogen-bond donors (Lipinski definition) is 2. The summed E-state index contributed by atoms with van der Waals surface area (Å²) in [7, 11) is -0.695. The zero-order chi connectivity index (χ0) is 46.1. The quantitative estimate of drug-likeness (QED) is 0.119. The fourth-order valence-corrected chi connectivity index (χ4v) is 11.7. The largest absolute Gasteiger partial charge is 0.481 e. The Hall–Kier alpha value is -6.05. The summed E-state index contributed by atoms with van der Waals surface area (Å²) in [5, 5.41) is 6.82. The molecule has 0 radical (unpaired) electrons. The molecule has 2 bridgehead atoms. The smallest absolute Gasteiger partial charge is 0.449 e. The van der Waals surface area contributed by atoms with Crippen molar-refractivity contribution >= 4 is 42.0 Å². The maximum Gasteiger partial charge on any atom is 0.481 e. The number of para-hydroxylation sites is 1. The second-order valence-electron chi connectivity index (χ2n) is 20.0. The summed E-state index contributed by atoms with van der Waals surface area (Å²) in [6, 6.07) is 32.6. The van der Waals surface area contributed by atoms with Crippen molar-refractivity contribution in [2.45, 2.75) is 103 Å². The number of rotatable bonds is 12. The van der Waals surface area contributed by atoms with Crippen molar-refractivity contribution in [3.05, 3.63) is 126 Å². The van der Waals surface area contributed by atoms with E-state index in [-0.39, 0.29) is 37.1 Å². The number of ether oxygens (including phenoxy) is 1. The zero-order valence-electron chi connectivity index (χ0n) is 38.5. The highest BCUT2D eigenvalue weighted by Crippen LogP contribution is 2.65. The molecule has 3 heterocycles. The number of hydrogen-bond acceptors (Lipinski definition) is 8. The number of fused-ring (bicyclic) bond motifs is 4. The molecule has 7 atom stereocenters. The van der Waals surface area contributed by atoms with Crippen molar-refractivity contribution in [3.63, 3.8) is 0 Å². The van der Waals surface area contributed by atoms with Crippen LogP contribution in [0.25, 0.3) is 33.3 Å². The van der Waals surface area contributed by atoms with E-state index in [0.717, 1.165) is 67.7 Å². The Morgan fingerprint density at radius 1 is 0.879 bits per heavy atom. The van der Waals surface area contributed by atoms with Crippen LogP contribution in [0.15, 0.2) is 109 Å². The van der Waals surface area contributed by atoms with Crippen LogP contribution >= 0.6 is 0 Å². The molecule has 12 nitrogen and oxygen atoms in total. The van der Waals surface area contributed by atoms with Crippen LogP contribution in [0.2, 0.25) is 0 Å². The Morgan fingerprint density at radius 2 is 1.55 bits per heavy atom. The first kappa shape index (κ1) is 43.8. The van der Waals surface area contributed by atoms with Crippen molar-refractivity contribution in [1.29, 1.82) is 0 Å². The van der Waals surface area contributed by atoms with Crippen molar-refractivity contribution in [1.82, 2.24) is 25.4 Å². The number of benzene rings is 4. The van der Waals surface area contributed by atoms with Gasteiger partial charge in [0.1, 0.15) is 18.7 Å². The summed E-state index contributed by atoms with van der Waals surface area (Å²) in [5.41, 5.74) is 7.20. The molecule has 5 aromatic rings. The van der Waals surface area contributed by atoms with Gasteiger partial charge in [0.05, 0.1) is 35.4 Å². The number of nitrogens with zero attached hydrogens (tertiary/aromatic N) is 3. The van der Waals surface area contributed by atoms with E-state index in [0.29, 0.717) is 18.3 Å². The Balaban J connectivity index is 0.917. The second kappa shape index (κ2) is 17.0. The molecule has 1 aromatic heterocycles. The highest BCUT2D eigenvalue weighted by Gasteiger charge is 2.68. The molecule has 3 saturated carbocycles. The average Bonchev–Trinajstić information content (AvgIpc) is 3.97. The van der Waals surface area contributed by atoms with Gasteiger partial charge in [0.15, 0.2) is 0 Å². The minimum atomic E-state index is -1.22. The zero-order valence-corrected chi connectivity index (χ0v) is 38.5. The molecule has 5 fully saturated rings. The van der Waals surface area contributed by atoms with Crippen LogP contribution in [0.3, 0.4) is 0 Å². The standard InChI is InChI=1S/C53H58BN5O7/c1-7-46(54-65-45-27-34-26-44(52(34,4)5)53(45,6)66-54)56-48(60)43-29-58(28-33-25-42(32-17-9-8-10-18-32)55-41-24-16-15-19-35(33)41)51(63)59(43)49(61)47(31(2)3)57-50(62)64-30-40-38-22-13-11-20-36(38)37-21-12-14-23-39(37)40/h8-25,31,34,40,43-47H,7,26-30H2,1-6H3,(H,56,60)(H,57,62)/t34?,43-,44?,45+,46-,47-,53-/m0/s1. The fraction of sp³-hybridized carbons (Fsp3) is 0.415. The van der Waals surface area contributed by atoms with Crippen LogP contribution in [0.5, 0.6) is 0 Å². The normalized spacial score (nSPS) is 24.7. The number of urea groups is 1. The third-order valence-electron chi connectivity index (χ3n) is 15.6. The van der Waals surface area contributed by atoms with E-state index in [1.165, 1.54) is 4.90 Å². The number of carbonyl (C=O) groups excluding carboxylic acids is 4. The van der Waals surface area contributed by atoms with E-state index in [4.69, 9.17) is 19.0 Å². The van der Waals surface area contributed by atoms with Crippen LogP contribution in [-0.2, 0) is 30.2 Å². The average molecular weight is 888 g/mol. The summed E-state index contributed by atoms with van der Waals surface area (Å²) < 4.78 is 19.3. The number of alkyl carbamates (subject to hydrolysis) is 1. The predicted molar refractivity (Wildman–Crippen MR) is 253 cm³/mol. The first-order chi connectivity index (χ1) is 31.8. The lowest BCUT2D eigenvalue weighted by atomic mass is 9.43. The first-order valence-electron chi connectivity index (χ1n) is 23.6. The van der Waals surface area contributed by atoms with Gasteiger partial charge in [-0.15, -0.1) is 0 Å². The lowest BCUT2D eigenvalue weighted by Gasteiger charge is -2.64. The minimum Gasteiger partial charge on any atom is -0.449 e. The van der Waals surface area contributed by atoms with E-state index >= 15 is 0 Å². The van der Waals surface area contributed by atoms with E-state index in [1.54, 1.807) is 13.8 Å². The summed E-state index contributed by atoms with van der Waals surface area (Å²) in [4.78, 5) is 65.9. The van der Waals surface area contributed by atoms with E-state index in [9.17, 15) is 19.2 Å². The molecule has 6 aliphatic rings. The number of pyridine rings is 1. The van der Waals surface area contributed by atoms with Gasteiger partial charge in [-0.05, 0) is 89.3 Å². The van der Waals surface area contributed by atoms with Crippen LogP contribution in [0.4, 0.5) is 9.59 Å². The molecule has 340 valence electrons. The summed E-state index contributed by atoms with van der Waals surface area (Å²) in [6.45, 7) is 12.4. The predicted octanol–water partition coefficient (Wildman–Crippen LogP) is 8.76. The van der Waals surface area contributed by atoms with E-state index in [2.05, 4.69) is 43.5 Å². The molecule has 11 rings (SSSR count). The minimum absolute atomic E-state index is 0.0493. The van der Waals surface area contributed by atoms with Crippen LogP contribution in [0.1, 0.15) is 83.4 Å². The molecule has 5 amide bonds. The summed E-state index contributed by atoms with van der Waals surface area (Å²) in [5.74, 6) is -1.50. The number of imide groups is 1. The Bertz CT molecular complexity index is 2670. The lowest BCUT2D eigenvalue weighted by Crippen LogP contribution is -2.65. The molecular weight excluding hydrogens is 829 g/mol. The maximum atomic E-state index is 15.0. The van der Waals surface area contributed by atoms with Crippen molar-refractivity contribution in [3.8, 4) is 22.4 Å². The van der Waals surface area contributed by atoms with Gasteiger partial charge in [-0.25, -0.2) is 19.5 Å². The molecule has 2 unspecified atom stereocenters. The van der Waals surface area contributed by atoms with Gasteiger partial charge in [0, 0.05) is 23.4 Å². The number of aromatic nitrogens is 1. The van der Waals surface area contributed by atoms with E-state index in [1.807, 2.05) is 104 Å². The van der Waals surface area contributed by atoms with Crippen molar-refractivity contribution in [2.75, 3.05) is 13.2 Å². The SMILES string of the molecule is CC[C@H](NC(=O)[C@@H]1CN(Cc2cc(-c3ccccc3)nc3ccccc23)C(=O)N1C(=O)[C@@H](NC(=O)OCC1c2ccccc2-c2ccccc21)C(C)C)B1O[C@@H]2CC3CC(C3(C)C)[C@]2(C)O1. The maximum absolute atomic E-state index is 15.0. The first-order valence-corrected chi connectivity index (χ1v) is 23.6. The van der Waals surface area contributed by atoms with Crippen LogP contribution < -0.4 is 10.6 Å². The van der Waals surface area contributed by atoms with Crippen molar-refractivity contribution in [2.24, 2.45) is 23.2 Å². The van der Waals surface area contributed by atoms with Gasteiger partial charge in [-0.1, -0.05) is 132 Å². The molecule has 66 heavy (non-hydrogen) atoms. The topological polar surface area (TPSA) is 139 Å². The number of carbonyl (C=O) groups is 4. The third kappa shape index (κ3) is 7.44. The Morgan fingerprint density at radius 3 is 2.23 bits per heavy atom. The number of nitrogens with one attached hydrogen (secondary N) is 2. The van der Waals surface area contributed by atoms with Gasteiger partial charge in [0.25, 0.3) is 5.91 Å². The second-order valence-corrected chi connectivity index (χ2v) is 20.0. The Kier molecular flexibility index (Phi) is 11.3. The van der Waals surface area contributed by atoms with Gasteiger partial charge in [-0.2, -0.15) is 0 Å². The van der Waals surface area contributed by atoms with Gasteiger partial charge < -0.3 is 29.6 Å². The van der Waals surface area contributed by atoms with Crippen LogP contribution in [-0.4, -0.2) is 88.7 Å². The highest BCUT2D eigenvalue weighted by molar-refractivity contribution is 6.48. The molecular formula is C53H58BN5O7. The third-order valence-corrected chi connectivity index (χ3v) is 15.6. The molecule has 2 N–H and O–H groups in total. The Labute approximate surface area is 386 Å². The molecule has 2 saturated heterocycles. The molecule has 4 aliphatic carbocycles. The summed E-state index contributed by atoms with van der Waals surface area (Å²) in [6.07, 6.45) is 1.62. The van der Waals surface area contributed by atoms with Crippen LogP contribution in [0, 0.1) is 23.2 Å². The molecule has 2 aliphatic heterocycles. The lowest BCUT2D eigenvalue weighted by molar-refractivity contribution is -0.199. The van der Waals surface area contributed by atoms with Gasteiger partial charge in [0.2, 0.25) is 5.91 Å². The van der Waals surface area contributed by atoms with E-state index < -0.39 is 60.6 Å². The fourth-order valence-electron chi connectivity index (χ4n) is 11.7. The van der Waals surface area contributed by atoms with Crippen molar-refractivity contribution < 1.29 is 33.2 Å². The molecule has 0 spiro atoms. The number of amides is 5. The monoisotopic (exact) mass is 887 g/mol. The molecule has 13 heteroatoms. The van der Waals surface area contributed by atoms with Gasteiger partial charge >= 0.3 is 19.2 Å². The summed E-state index contributed by atoms with van der Waals surface area (Å²) >= 11 is 0.